The van der Waals surface area contributed by atoms with Crippen LogP contribution in [0, 0.1) is 11.3 Å². The Morgan fingerprint density at radius 2 is 1.88 bits per heavy atom. The number of piperazine rings is 1. The Morgan fingerprint density at radius 3 is 2.59 bits per heavy atom. The Morgan fingerprint density at radius 1 is 1.03 bits per heavy atom. The third-order valence-corrected chi connectivity index (χ3v) is 5.40. The predicted octanol–water partition coefficient (Wildman–Crippen LogP) is 3.50. The van der Waals surface area contributed by atoms with Crippen LogP contribution in [-0.2, 0) is 6.61 Å². The Bertz CT molecular complexity index is 1120. The normalized spacial score (nSPS) is 13.4. The van der Waals surface area contributed by atoms with Gasteiger partial charge in [0.25, 0.3) is 5.91 Å². The van der Waals surface area contributed by atoms with Crippen molar-refractivity contribution in [3.8, 4) is 17.6 Å². The molecular formula is C25H24N4O3. The maximum Gasteiger partial charge on any atom is 0.254 e. The Kier molecular flexibility index (Phi) is 6.52. The highest BCUT2D eigenvalue weighted by atomic mass is 16.5. The first kappa shape index (κ1) is 21.2. The fourth-order valence-corrected chi connectivity index (χ4v) is 3.68. The maximum atomic E-state index is 13.1. The van der Waals surface area contributed by atoms with E-state index in [2.05, 4.69) is 16.0 Å². The van der Waals surface area contributed by atoms with E-state index in [-0.39, 0.29) is 12.5 Å². The highest BCUT2D eigenvalue weighted by Crippen LogP contribution is 2.29. The zero-order valence-electron chi connectivity index (χ0n) is 17.9. The molecule has 1 amide bonds. The van der Waals surface area contributed by atoms with Crippen molar-refractivity contribution in [2.75, 3.05) is 38.2 Å². The monoisotopic (exact) mass is 428 g/mol. The van der Waals surface area contributed by atoms with Gasteiger partial charge in [0, 0.05) is 37.9 Å². The third kappa shape index (κ3) is 4.81. The molecule has 7 heteroatoms. The molecule has 162 valence electrons. The fraction of sp³-hybridized carbons (Fsp3) is 0.240. The molecule has 1 aliphatic heterocycles. The van der Waals surface area contributed by atoms with Gasteiger partial charge < -0.3 is 19.3 Å². The number of anilines is 1. The second-order valence-electron chi connectivity index (χ2n) is 7.43. The number of hydrogen-bond donors (Lipinski definition) is 0. The third-order valence-electron chi connectivity index (χ3n) is 5.40. The van der Waals surface area contributed by atoms with Crippen molar-refractivity contribution in [2.24, 2.45) is 0 Å². The van der Waals surface area contributed by atoms with Crippen LogP contribution in [0.15, 0.2) is 66.9 Å². The first-order valence-corrected chi connectivity index (χ1v) is 10.4. The summed E-state index contributed by atoms with van der Waals surface area (Å²) >= 11 is 0. The Hall–Kier alpha value is -4.05. The Labute approximate surface area is 187 Å². The molecule has 0 atom stereocenters. The largest absolute Gasteiger partial charge is 0.493 e. The van der Waals surface area contributed by atoms with Gasteiger partial charge in [-0.05, 0) is 48.0 Å². The van der Waals surface area contributed by atoms with E-state index in [0.29, 0.717) is 35.7 Å². The number of methoxy groups -OCH3 is 1. The highest BCUT2D eigenvalue weighted by molar-refractivity contribution is 5.95. The molecule has 0 radical (unpaired) electrons. The molecule has 0 spiro atoms. The van der Waals surface area contributed by atoms with Crippen LogP contribution in [0.5, 0.6) is 11.5 Å². The number of nitriles is 1. The highest BCUT2D eigenvalue weighted by Gasteiger charge is 2.23. The van der Waals surface area contributed by atoms with Crippen molar-refractivity contribution in [3.63, 3.8) is 0 Å². The summed E-state index contributed by atoms with van der Waals surface area (Å²) in [6.07, 6.45) is 1.78. The van der Waals surface area contributed by atoms with E-state index in [1.165, 1.54) is 0 Å². The summed E-state index contributed by atoms with van der Waals surface area (Å²) in [5.41, 5.74) is 2.00. The van der Waals surface area contributed by atoms with Crippen LogP contribution >= 0.6 is 0 Å². The second-order valence-corrected chi connectivity index (χ2v) is 7.43. The number of benzene rings is 2. The molecular weight excluding hydrogens is 404 g/mol. The average molecular weight is 428 g/mol. The van der Waals surface area contributed by atoms with Gasteiger partial charge in [0.2, 0.25) is 0 Å². The molecule has 2 aromatic carbocycles. The molecule has 0 saturated carbocycles. The van der Waals surface area contributed by atoms with Gasteiger partial charge in [0.05, 0.1) is 18.7 Å². The minimum absolute atomic E-state index is 0.0374. The van der Waals surface area contributed by atoms with Gasteiger partial charge in [0.15, 0.2) is 11.5 Å². The quantitative estimate of drug-likeness (QED) is 0.598. The summed E-state index contributed by atoms with van der Waals surface area (Å²) in [4.78, 5) is 21.5. The van der Waals surface area contributed by atoms with Crippen LogP contribution in [0.3, 0.4) is 0 Å². The number of ether oxygens (including phenoxy) is 2. The van der Waals surface area contributed by atoms with E-state index >= 15 is 0 Å². The van der Waals surface area contributed by atoms with Gasteiger partial charge in [0.1, 0.15) is 12.4 Å². The van der Waals surface area contributed by atoms with E-state index in [9.17, 15) is 4.79 Å². The molecule has 1 saturated heterocycles. The van der Waals surface area contributed by atoms with Crippen molar-refractivity contribution in [3.05, 3.63) is 83.6 Å². The molecule has 1 fully saturated rings. The number of nitrogens with zero attached hydrogens (tertiary/aromatic N) is 4. The topological polar surface area (TPSA) is 78.7 Å². The van der Waals surface area contributed by atoms with Crippen LogP contribution in [0.1, 0.15) is 21.5 Å². The average Bonchev–Trinajstić information content (AvgIpc) is 2.87. The minimum Gasteiger partial charge on any atom is -0.493 e. The molecule has 0 unspecified atom stereocenters. The van der Waals surface area contributed by atoms with Gasteiger partial charge in [-0.1, -0.05) is 18.2 Å². The van der Waals surface area contributed by atoms with Gasteiger partial charge in [-0.15, -0.1) is 0 Å². The second kappa shape index (κ2) is 9.84. The van der Waals surface area contributed by atoms with E-state index in [1.54, 1.807) is 43.6 Å². The molecule has 7 nitrogen and oxygen atoms in total. The van der Waals surface area contributed by atoms with Crippen LogP contribution in [0.4, 0.5) is 5.82 Å². The summed E-state index contributed by atoms with van der Waals surface area (Å²) in [7, 11) is 1.57. The number of hydrogen-bond acceptors (Lipinski definition) is 6. The van der Waals surface area contributed by atoms with Crippen molar-refractivity contribution in [1.82, 2.24) is 9.88 Å². The van der Waals surface area contributed by atoms with Gasteiger partial charge in [-0.3, -0.25) is 4.79 Å². The number of aromatic nitrogens is 1. The smallest absolute Gasteiger partial charge is 0.254 e. The van der Waals surface area contributed by atoms with Crippen LogP contribution in [0.25, 0.3) is 0 Å². The van der Waals surface area contributed by atoms with E-state index in [0.717, 1.165) is 24.5 Å². The standard InChI is InChI=1S/C25H24N4O3/c1-31-22-9-8-21(16-23(22)32-18-20-6-4-5-19(15-20)17-26)25(30)29-13-11-28(12-14-29)24-7-2-3-10-27-24/h2-10,15-16H,11-14,18H2,1H3. The zero-order chi connectivity index (χ0) is 22.3. The van der Waals surface area contributed by atoms with Crippen LogP contribution in [-0.4, -0.2) is 49.1 Å². The van der Waals surface area contributed by atoms with Crippen LogP contribution < -0.4 is 14.4 Å². The first-order valence-electron chi connectivity index (χ1n) is 10.4. The lowest BCUT2D eigenvalue weighted by atomic mass is 10.1. The van der Waals surface area contributed by atoms with Crippen molar-refractivity contribution in [1.29, 1.82) is 5.26 Å². The molecule has 0 aliphatic carbocycles. The zero-order valence-corrected chi connectivity index (χ0v) is 17.9. The SMILES string of the molecule is COc1ccc(C(=O)N2CCN(c3ccccn3)CC2)cc1OCc1cccc(C#N)c1. The molecule has 32 heavy (non-hydrogen) atoms. The molecule has 2 heterocycles. The van der Waals surface area contributed by atoms with Gasteiger partial charge >= 0.3 is 0 Å². The lowest BCUT2D eigenvalue weighted by Crippen LogP contribution is -2.49. The fourth-order valence-electron chi connectivity index (χ4n) is 3.68. The lowest BCUT2D eigenvalue weighted by Gasteiger charge is -2.35. The number of amides is 1. The summed E-state index contributed by atoms with van der Waals surface area (Å²) in [6, 6.07) is 20.4. The van der Waals surface area contributed by atoms with E-state index in [4.69, 9.17) is 14.7 Å². The van der Waals surface area contributed by atoms with Gasteiger partial charge in [-0.2, -0.15) is 5.26 Å². The van der Waals surface area contributed by atoms with E-state index in [1.807, 2.05) is 35.2 Å². The molecule has 4 rings (SSSR count). The van der Waals surface area contributed by atoms with E-state index < -0.39 is 0 Å². The summed E-state index contributed by atoms with van der Waals surface area (Å²) < 4.78 is 11.4. The Balaban J connectivity index is 1.43. The summed E-state index contributed by atoms with van der Waals surface area (Å²) in [5.74, 6) is 1.94. The van der Waals surface area contributed by atoms with Crippen LogP contribution in [0.2, 0.25) is 0 Å². The number of carbonyl (C=O) groups is 1. The molecule has 1 aromatic heterocycles. The maximum absolute atomic E-state index is 13.1. The molecule has 0 bridgehead atoms. The molecule has 3 aromatic rings. The lowest BCUT2D eigenvalue weighted by molar-refractivity contribution is 0.0746. The summed E-state index contributed by atoms with van der Waals surface area (Å²) in [6.45, 7) is 2.98. The summed E-state index contributed by atoms with van der Waals surface area (Å²) in [5, 5.41) is 9.07. The van der Waals surface area contributed by atoms with Crippen molar-refractivity contribution < 1.29 is 14.3 Å². The number of pyridine rings is 1. The predicted molar refractivity (Wildman–Crippen MR) is 121 cm³/mol. The first-order chi connectivity index (χ1) is 15.7. The molecule has 1 aliphatic rings. The van der Waals surface area contributed by atoms with Gasteiger partial charge in [-0.25, -0.2) is 4.98 Å². The number of rotatable bonds is 6. The molecule has 0 N–H and O–H groups in total. The van der Waals surface area contributed by atoms with Crippen molar-refractivity contribution in [2.45, 2.75) is 6.61 Å². The number of carbonyl (C=O) groups excluding carboxylic acids is 1. The van der Waals surface area contributed by atoms with Crippen molar-refractivity contribution >= 4 is 11.7 Å². The minimum atomic E-state index is -0.0374.